The molecule has 0 aromatic carbocycles. The Morgan fingerprint density at radius 1 is 1.17 bits per heavy atom. The minimum absolute atomic E-state index is 0.322. The van der Waals surface area contributed by atoms with E-state index >= 15 is 0 Å². The molecule has 2 unspecified atom stereocenters. The molecule has 2 nitrogen and oxygen atoms in total. The first kappa shape index (κ1) is 11.9. The lowest BCUT2D eigenvalue weighted by atomic mass is 10.1. The van der Waals surface area contributed by atoms with Gasteiger partial charge in [-0.1, -0.05) is 20.8 Å². The second-order valence-corrected chi connectivity index (χ2v) is 3.50. The zero-order valence-corrected chi connectivity index (χ0v) is 9.05. The van der Waals surface area contributed by atoms with E-state index in [0.717, 1.165) is 13.0 Å². The molecule has 12 heavy (non-hydrogen) atoms. The maximum atomic E-state index is 5.53. The van der Waals surface area contributed by atoms with E-state index in [2.05, 4.69) is 33.0 Å². The van der Waals surface area contributed by atoms with Crippen LogP contribution in [0.2, 0.25) is 0 Å². The second kappa shape index (κ2) is 6.44. The Bertz CT molecular complexity index is 104. The molecule has 0 bridgehead atoms. The molecule has 2 heteroatoms. The summed E-state index contributed by atoms with van der Waals surface area (Å²) in [5.41, 5.74) is 0. The van der Waals surface area contributed by atoms with Crippen molar-refractivity contribution < 1.29 is 4.74 Å². The molecule has 0 saturated heterocycles. The summed E-state index contributed by atoms with van der Waals surface area (Å²) < 4.78 is 5.53. The maximum absolute atomic E-state index is 5.53. The molecule has 0 heterocycles. The summed E-state index contributed by atoms with van der Waals surface area (Å²) in [4.78, 5) is 0. The largest absolute Gasteiger partial charge is 0.377 e. The van der Waals surface area contributed by atoms with Gasteiger partial charge in [-0.25, -0.2) is 0 Å². The van der Waals surface area contributed by atoms with Crippen molar-refractivity contribution in [2.24, 2.45) is 0 Å². The lowest BCUT2D eigenvalue weighted by Crippen LogP contribution is -2.42. The second-order valence-electron chi connectivity index (χ2n) is 3.50. The quantitative estimate of drug-likeness (QED) is 0.665. The Hall–Kier alpha value is -0.0800. The van der Waals surface area contributed by atoms with Gasteiger partial charge < -0.3 is 10.1 Å². The lowest BCUT2D eigenvalue weighted by Gasteiger charge is -2.25. The average Bonchev–Trinajstić information content (AvgIpc) is 2.00. The summed E-state index contributed by atoms with van der Waals surface area (Å²) in [6.45, 7) is 11.5. The van der Waals surface area contributed by atoms with Crippen LogP contribution in [0.15, 0.2) is 0 Å². The van der Waals surface area contributed by atoms with Crippen molar-refractivity contribution in [2.75, 3.05) is 6.61 Å². The summed E-state index contributed by atoms with van der Waals surface area (Å²) in [5, 5.41) is 3.49. The third-order valence-electron chi connectivity index (χ3n) is 1.98. The van der Waals surface area contributed by atoms with Gasteiger partial charge in [0, 0.05) is 18.7 Å². The molecule has 0 aliphatic heterocycles. The molecule has 74 valence electrons. The van der Waals surface area contributed by atoms with Gasteiger partial charge in [0.1, 0.15) is 0 Å². The number of hydrogen-bond donors (Lipinski definition) is 1. The minimum Gasteiger partial charge on any atom is -0.377 e. The van der Waals surface area contributed by atoms with Gasteiger partial charge in [0.05, 0.1) is 6.10 Å². The molecular weight excluding hydrogens is 150 g/mol. The van der Waals surface area contributed by atoms with Crippen molar-refractivity contribution >= 4 is 0 Å². The summed E-state index contributed by atoms with van der Waals surface area (Å²) in [5.74, 6) is 0. The van der Waals surface area contributed by atoms with Crippen molar-refractivity contribution in [3.8, 4) is 0 Å². The third kappa shape index (κ3) is 4.73. The highest BCUT2D eigenvalue weighted by Gasteiger charge is 2.15. The zero-order valence-electron chi connectivity index (χ0n) is 9.05. The van der Waals surface area contributed by atoms with Gasteiger partial charge in [0.25, 0.3) is 0 Å². The highest BCUT2D eigenvalue weighted by Crippen LogP contribution is 2.03. The summed E-state index contributed by atoms with van der Waals surface area (Å²) in [6, 6.07) is 1.03. The molecule has 0 amide bonds. The molecule has 0 aliphatic carbocycles. The fourth-order valence-electron chi connectivity index (χ4n) is 1.39. The fraction of sp³-hybridized carbons (Fsp3) is 1.00. The number of ether oxygens (including phenoxy) is 1. The van der Waals surface area contributed by atoms with Crippen LogP contribution in [0.25, 0.3) is 0 Å². The molecule has 2 atom stereocenters. The van der Waals surface area contributed by atoms with Gasteiger partial charge >= 0.3 is 0 Å². The van der Waals surface area contributed by atoms with E-state index in [1.165, 1.54) is 0 Å². The maximum Gasteiger partial charge on any atom is 0.0699 e. The van der Waals surface area contributed by atoms with Crippen molar-refractivity contribution in [1.82, 2.24) is 5.32 Å². The molecule has 0 aliphatic rings. The van der Waals surface area contributed by atoms with Crippen molar-refractivity contribution in [3.05, 3.63) is 0 Å². The van der Waals surface area contributed by atoms with Gasteiger partial charge in [0.15, 0.2) is 0 Å². The molecule has 0 radical (unpaired) electrons. The van der Waals surface area contributed by atoms with Crippen LogP contribution in [0.3, 0.4) is 0 Å². The normalized spacial score (nSPS) is 16.5. The number of hydrogen-bond acceptors (Lipinski definition) is 2. The van der Waals surface area contributed by atoms with E-state index in [-0.39, 0.29) is 0 Å². The highest BCUT2D eigenvalue weighted by atomic mass is 16.5. The molecular formula is C10H23NO. The first-order chi connectivity index (χ1) is 5.61. The smallest absolute Gasteiger partial charge is 0.0699 e. The van der Waals surface area contributed by atoms with Crippen molar-refractivity contribution in [1.29, 1.82) is 0 Å². The summed E-state index contributed by atoms with van der Waals surface area (Å²) >= 11 is 0. The van der Waals surface area contributed by atoms with Crippen LogP contribution < -0.4 is 5.32 Å². The Kier molecular flexibility index (Phi) is 6.39. The van der Waals surface area contributed by atoms with Crippen LogP contribution in [0, 0.1) is 0 Å². The Labute approximate surface area is 76.7 Å². The Balaban J connectivity index is 3.78. The van der Waals surface area contributed by atoms with Gasteiger partial charge in [-0.05, 0) is 20.3 Å². The third-order valence-corrected chi connectivity index (χ3v) is 1.98. The number of nitrogens with one attached hydrogen (secondary N) is 1. The van der Waals surface area contributed by atoms with Gasteiger partial charge in [-0.15, -0.1) is 0 Å². The predicted molar refractivity (Wildman–Crippen MR) is 53.4 cm³/mol. The van der Waals surface area contributed by atoms with E-state index in [0.29, 0.717) is 18.2 Å². The Morgan fingerprint density at radius 2 is 1.75 bits per heavy atom. The van der Waals surface area contributed by atoms with E-state index < -0.39 is 0 Å². The standard InChI is InChI=1S/C10H23NO/c1-6-10(11-8(3)4)9(5)12-7-2/h8-11H,6-7H2,1-5H3. The molecule has 0 spiro atoms. The first-order valence-corrected chi connectivity index (χ1v) is 4.99. The molecule has 0 rings (SSSR count). The van der Waals surface area contributed by atoms with Gasteiger partial charge in [0.2, 0.25) is 0 Å². The van der Waals surface area contributed by atoms with Crippen molar-refractivity contribution in [2.45, 2.75) is 59.2 Å². The topological polar surface area (TPSA) is 21.3 Å². The predicted octanol–water partition coefficient (Wildman–Crippen LogP) is 2.19. The molecule has 1 N–H and O–H groups in total. The number of rotatable bonds is 6. The summed E-state index contributed by atoms with van der Waals surface area (Å²) in [7, 11) is 0. The molecule has 0 saturated carbocycles. The minimum atomic E-state index is 0.322. The SMILES string of the molecule is CCOC(C)C(CC)NC(C)C. The van der Waals surface area contributed by atoms with Crippen molar-refractivity contribution in [3.63, 3.8) is 0 Å². The lowest BCUT2D eigenvalue weighted by molar-refractivity contribution is 0.0442. The Morgan fingerprint density at radius 3 is 2.08 bits per heavy atom. The van der Waals surface area contributed by atoms with E-state index in [9.17, 15) is 0 Å². The highest BCUT2D eigenvalue weighted by molar-refractivity contribution is 4.73. The zero-order chi connectivity index (χ0) is 9.56. The fourth-order valence-corrected chi connectivity index (χ4v) is 1.39. The van der Waals surface area contributed by atoms with E-state index in [4.69, 9.17) is 4.74 Å². The summed E-state index contributed by atoms with van der Waals surface area (Å²) in [6.07, 6.45) is 1.45. The molecule has 0 fully saturated rings. The van der Waals surface area contributed by atoms with Crippen LogP contribution in [0.4, 0.5) is 0 Å². The first-order valence-electron chi connectivity index (χ1n) is 4.99. The van der Waals surface area contributed by atoms with Crippen LogP contribution in [-0.4, -0.2) is 24.8 Å². The van der Waals surface area contributed by atoms with E-state index in [1.807, 2.05) is 6.92 Å². The van der Waals surface area contributed by atoms with Gasteiger partial charge in [-0.3, -0.25) is 0 Å². The van der Waals surface area contributed by atoms with E-state index in [1.54, 1.807) is 0 Å². The van der Waals surface area contributed by atoms with Gasteiger partial charge in [-0.2, -0.15) is 0 Å². The van der Waals surface area contributed by atoms with Crippen LogP contribution in [0.5, 0.6) is 0 Å². The average molecular weight is 173 g/mol. The van der Waals surface area contributed by atoms with Crippen LogP contribution in [-0.2, 0) is 4.74 Å². The van der Waals surface area contributed by atoms with Crippen LogP contribution >= 0.6 is 0 Å². The van der Waals surface area contributed by atoms with Crippen LogP contribution in [0.1, 0.15) is 41.0 Å². The monoisotopic (exact) mass is 173 g/mol. The molecule has 0 aromatic heterocycles. The molecule has 0 aromatic rings.